The van der Waals surface area contributed by atoms with Gasteiger partial charge in [0, 0.05) is 55.9 Å². The number of nitrogens with zero attached hydrogens (tertiary/aromatic N) is 5. The Morgan fingerprint density at radius 3 is 2.49 bits per heavy atom. The maximum atomic E-state index is 13.3. The zero-order valence-corrected chi connectivity index (χ0v) is 25.5. The van der Waals surface area contributed by atoms with Crippen molar-refractivity contribution in [2.45, 2.75) is 26.4 Å². The number of fused-ring (bicyclic) bond motifs is 1. The molecule has 15 heteroatoms. The zero-order chi connectivity index (χ0) is 31.1. The van der Waals surface area contributed by atoms with E-state index in [2.05, 4.69) is 53.9 Å². The lowest BCUT2D eigenvalue weighted by Crippen LogP contribution is -2.48. The van der Waals surface area contributed by atoms with Crippen molar-refractivity contribution in [1.82, 2.24) is 30.0 Å². The number of halogens is 1. The molecule has 0 aliphatic carbocycles. The molecule has 4 aromatic rings. The number of nitrogens with one attached hydrogen (secondary N) is 3. The van der Waals surface area contributed by atoms with Gasteiger partial charge in [0.2, 0.25) is 10.0 Å². The summed E-state index contributed by atoms with van der Waals surface area (Å²) >= 11 is 6.11. The first-order chi connectivity index (χ1) is 20.5. The van der Waals surface area contributed by atoms with Gasteiger partial charge in [-0.25, -0.2) is 18.4 Å². The van der Waals surface area contributed by atoms with Crippen LogP contribution in [0.4, 0.5) is 11.4 Å². The molecule has 43 heavy (non-hydrogen) atoms. The summed E-state index contributed by atoms with van der Waals surface area (Å²) in [5, 5.41) is 17.7. The van der Waals surface area contributed by atoms with Crippen molar-refractivity contribution < 1.29 is 23.1 Å². The number of H-pyrrole nitrogens is 1. The Morgan fingerprint density at radius 1 is 1.12 bits per heavy atom. The van der Waals surface area contributed by atoms with Gasteiger partial charge in [-0.15, -0.1) is 0 Å². The molecule has 4 heterocycles. The Hall–Kier alpha value is -4.11. The van der Waals surface area contributed by atoms with Gasteiger partial charge in [-0.05, 0) is 49.7 Å². The van der Waals surface area contributed by atoms with Gasteiger partial charge in [-0.1, -0.05) is 17.7 Å². The lowest BCUT2D eigenvalue weighted by Gasteiger charge is -2.36. The Balaban J connectivity index is 0.00000135. The first-order valence-electron chi connectivity index (χ1n) is 13.4. The first kappa shape index (κ1) is 31.8. The van der Waals surface area contributed by atoms with Crippen LogP contribution in [0.3, 0.4) is 0 Å². The smallest absolute Gasteiger partial charge is 0.290 e. The van der Waals surface area contributed by atoms with Crippen molar-refractivity contribution >= 4 is 56.3 Å². The van der Waals surface area contributed by atoms with Crippen LogP contribution < -0.4 is 10.0 Å². The van der Waals surface area contributed by atoms with Crippen LogP contribution in [0.1, 0.15) is 30.0 Å². The molecule has 0 bridgehead atoms. The summed E-state index contributed by atoms with van der Waals surface area (Å²) in [6.07, 6.45) is 4.20. The molecule has 1 amide bonds. The highest BCUT2D eigenvalue weighted by atomic mass is 35.5. The fourth-order valence-electron chi connectivity index (χ4n) is 4.75. The minimum Gasteiger partial charge on any atom is -0.483 e. The number of anilines is 2. The van der Waals surface area contributed by atoms with Crippen LogP contribution in [0.2, 0.25) is 5.15 Å². The molecular formula is C28H33ClN8O5S. The number of piperazine rings is 1. The highest BCUT2D eigenvalue weighted by Gasteiger charge is 2.20. The summed E-state index contributed by atoms with van der Waals surface area (Å²) in [6, 6.07) is 11.2. The van der Waals surface area contributed by atoms with E-state index < -0.39 is 10.0 Å². The van der Waals surface area contributed by atoms with E-state index in [1.807, 2.05) is 18.2 Å². The number of hydrogen-bond donors (Lipinski definition) is 4. The summed E-state index contributed by atoms with van der Waals surface area (Å²) in [5.74, 6) is -0.347. The lowest BCUT2D eigenvalue weighted by atomic mass is 10.0. The number of rotatable bonds is 8. The maximum Gasteiger partial charge on any atom is 0.290 e. The molecule has 3 aromatic heterocycles. The second-order valence-corrected chi connectivity index (χ2v) is 12.4. The average Bonchev–Trinajstić information content (AvgIpc) is 3.44. The highest BCUT2D eigenvalue weighted by molar-refractivity contribution is 7.92. The van der Waals surface area contributed by atoms with Crippen molar-refractivity contribution in [3.8, 4) is 11.1 Å². The van der Waals surface area contributed by atoms with E-state index in [1.54, 1.807) is 24.4 Å². The Morgan fingerprint density at radius 2 is 1.81 bits per heavy atom. The molecule has 1 fully saturated rings. The summed E-state index contributed by atoms with van der Waals surface area (Å²) in [7, 11) is -3.56. The number of carboxylic acid groups (broad SMARTS) is 1. The fraction of sp³-hybridized carbons (Fsp3) is 0.321. The van der Waals surface area contributed by atoms with Crippen LogP contribution in [0.15, 0.2) is 48.8 Å². The summed E-state index contributed by atoms with van der Waals surface area (Å²) in [4.78, 5) is 35.3. The second kappa shape index (κ2) is 13.9. The van der Waals surface area contributed by atoms with Gasteiger partial charge < -0.3 is 10.4 Å². The molecule has 1 saturated heterocycles. The number of carbonyl (C=O) groups is 2. The molecule has 0 radical (unpaired) electrons. The van der Waals surface area contributed by atoms with Crippen LogP contribution in [0.25, 0.3) is 22.0 Å². The lowest BCUT2D eigenvalue weighted by molar-refractivity contribution is -0.122. The van der Waals surface area contributed by atoms with Gasteiger partial charge in [0.1, 0.15) is 5.69 Å². The van der Waals surface area contributed by atoms with Crippen LogP contribution >= 0.6 is 11.6 Å². The van der Waals surface area contributed by atoms with E-state index in [1.165, 1.54) is 6.20 Å². The first-order valence-corrected chi connectivity index (χ1v) is 15.7. The number of amides is 1. The van der Waals surface area contributed by atoms with Crippen LogP contribution in [0, 0.1) is 0 Å². The zero-order valence-electron chi connectivity index (χ0n) is 23.9. The van der Waals surface area contributed by atoms with Crippen molar-refractivity contribution in [2.24, 2.45) is 0 Å². The molecular weight excluding hydrogens is 596 g/mol. The minimum atomic E-state index is -3.56. The molecule has 1 aromatic carbocycles. The van der Waals surface area contributed by atoms with Crippen molar-refractivity contribution in [3.63, 3.8) is 0 Å². The van der Waals surface area contributed by atoms with Gasteiger partial charge in [0.05, 0.1) is 35.0 Å². The Bertz CT molecular complexity index is 1700. The quantitative estimate of drug-likeness (QED) is 0.167. The number of pyridine rings is 2. The number of hydrogen-bond acceptors (Lipinski definition) is 9. The fourth-order valence-corrected chi connectivity index (χ4v) is 5.51. The predicted octanol–water partition coefficient (Wildman–Crippen LogP) is 3.52. The van der Waals surface area contributed by atoms with E-state index >= 15 is 0 Å². The van der Waals surface area contributed by atoms with Crippen molar-refractivity contribution in [1.29, 1.82) is 0 Å². The molecule has 0 unspecified atom stereocenters. The summed E-state index contributed by atoms with van der Waals surface area (Å²) in [6.45, 7) is 8.82. The van der Waals surface area contributed by atoms with Crippen LogP contribution in [-0.4, -0.2) is 94.3 Å². The summed E-state index contributed by atoms with van der Waals surface area (Å²) < 4.78 is 25.9. The average molecular weight is 629 g/mol. The molecule has 1 aliphatic heterocycles. The standard InChI is InChI=1S/C27H31ClN8O3S.CH2O2/c1-17(2)36-9-7-35(8-10-36)16-20-5-4-6-22(31-20)27(37)32-23-11-18(12-24-21(23)15-30-33-24)19-13-25(26(28)29-14-19)34-40(3,38)39;2-1-3/h4-6,11-15,17,34H,7-10,16H2,1-3H3,(H,30,33)(H,32,37);1H,(H,2,3). The molecule has 228 valence electrons. The number of benzene rings is 1. The predicted molar refractivity (Wildman–Crippen MR) is 166 cm³/mol. The third-order valence-corrected chi connectivity index (χ3v) is 7.73. The molecule has 0 atom stereocenters. The number of aromatic nitrogens is 4. The van der Waals surface area contributed by atoms with Crippen molar-refractivity contribution in [3.05, 3.63) is 65.3 Å². The van der Waals surface area contributed by atoms with Gasteiger partial charge in [-0.3, -0.25) is 29.2 Å². The highest BCUT2D eigenvalue weighted by Crippen LogP contribution is 2.33. The summed E-state index contributed by atoms with van der Waals surface area (Å²) in [5.41, 5.74) is 3.79. The number of sulfonamides is 1. The monoisotopic (exact) mass is 628 g/mol. The van der Waals surface area contributed by atoms with E-state index in [9.17, 15) is 13.2 Å². The Kier molecular flexibility index (Phi) is 10.3. The van der Waals surface area contributed by atoms with Crippen LogP contribution in [-0.2, 0) is 21.4 Å². The normalized spacial score (nSPS) is 14.3. The number of aromatic amines is 1. The third kappa shape index (κ3) is 8.47. The maximum absolute atomic E-state index is 13.3. The second-order valence-electron chi connectivity index (χ2n) is 10.3. The van der Waals surface area contributed by atoms with Gasteiger partial charge in [0.25, 0.3) is 12.4 Å². The molecule has 5 rings (SSSR count). The van der Waals surface area contributed by atoms with Gasteiger partial charge >= 0.3 is 0 Å². The molecule has 4 N–H and O–H groups in total. The van der Waals surface area contributed by atoms with Gasteiger partial charge in [0.15, 0.2) is 5.15 Å². The molecule has 13 nitrogen and oxygen atoms in total. The van der Waals surface area contributed by atoms with Crippen molar-refractivity contribution in [2.75, 3.05) is 42.5 Å². The van der Waals surface area contributed by atoms with E-state index in [0.717, 1.165) is 38.1 Å². The number of carbonyl (C=O) groups excluding carboxylic acids is 1. The van der Waals surface area contributed by atoms with Crippen LogP contribution in [0.5, 0.6) is 0 Å². The minimum absolute atomic E-state index is 0.0260. The van der Waals surface area contributed by atoms with E-state index in [-0.39, 0.29) is 23.2 Å². The molecule has 1 aliphatic rings. The third-order valence-electron chi connectivity index (χ3n) is 6.84. The van der Waals surface area contributed by atoms with Gasteiger partial charge in [-0.2, -0.15) is 5.10 Å². The van der Waals surface area contributed by atoms with E-state index in [0.29, 0.717) is 46.0 Å². The Labute approximate surface area is 254 Å². The largest absolute Gasteiger partial charge is 0.483 e. The molecule has 0 spiro atoms. The SMILES string of the molecule is CC(C)N1CCN(Cc2cccc(C(=O)Nc3cc(-c4cnc(Cl)c(NS(C)(=O)=O)c4)cc4[nH]ncc34)n2)CC1.O=CO. The molecule has 0 saturated carbocycles. The van der Waals surface area contributed by atoms with E-state index in [4.69, 9.17) is 21.5 Å². The topological polar surface area (TPSA) is 174 Å².